The highest BCUT2D eigenvalue weighted by atomic mass is 16.6. The molecule has 2 fully saturated rings. The van der Waals surface area contributed by atoms with Gasteiger partial charge < -0.3 is 19.8 Å². The van der Waals surface area contributed by atoms with E-state index in [2.05, 4.69) is 89.2 Å². The maximum Gasteiger partial charge on any atom is 0.410 e. The summed E-state index contributed by atoms with van der Waals surface area (Å²) in [7, 11) is 0. The molecule has 0 heterocycles. The Balaban J connectivity index is 1.18. The van der Waals surface area contributed by atoms with Crippen LogP contribution in [0.2, 0.25) is 0 Å². The molecule has 330 valence electrons. The van der Waals surface area contributed by atoms with Gasteiger partial charge in [-0.2, -0.15) is 0 Å². The fourth-order valence-corrected chi connectivity index (χ4v) is 11.4. The average Bonchev–Trinajstić information content (AvgIpc) is 3.53. The molecule has 0 spiro atoms. The Labute approximate surface area is 375 Å². The zero-order chi connectivity index (χ0) is 44.3. The van der Waals surface area contributed by atoms with Crippen LogP contribution in [0.15, 0.2) is 127 Å². The summed E-state index contributed by atoms with van der Waals surface area (Å²) in [5.74, 6) is 0.891. The number of ketones is 1. The number of hydrogen-bond acceptors (Lipinski definition) is 5. The van der Waals surface area contributed by atoms with E-state index in [0.29, 0.717) is 61.6 Å². The normalized spacial score (nSPS) is 26.5. The number of carbonyl (C=O) groups is 2. The van der Waals surface area contributed by atoms with Gasteiger partial charge in [0.25, 0.3) is 0 Å². The van der Waals surface area contributed by atoms with E-state index in [1.54, 1.807) is 4.90 Å². The Bertz CT molecular complexity index is 2420. The number of nitrogens with zero attached hydrogens (tertiary/aromatic N) is 1. The maximum atomic E-state index is 14.9. The van der Waals surface area contributed by atoms with Crippen LogP contribution in [0.5, 0.6) is 0 Å². The van der Waals surface area contributed by atoms with Gasteiger partial charge in [-0.05, 0) is 133 Å². The van der Waals surface area contributed by atoms with Gasteiger partial charge in [-0.15, -0.1) is 0 Å². The lowest BCUT2D eigenvalue weighted by molar-refractivity contribution is -0.0875. The van der Waals surface area contributed by atoms with Crippen LogP contribution in [0.25, 0.3) is 21.9 Å². The largest absolute Gasteiger partial charge is 0.446 e. The van der Waals surface area contributed by atoms with Crippen LogP contribution in [0.1, 0.15) is 131 Å². The SMILES string of the molecule is CC1=CCC[C@@]2(C)[C@@H](CC[C@@]2(O)CN(Cc2cccc3ccccc23)C(=O)O[C@H]2C[C@@H](C)CC[C@@H]2C(C)C)c2ccc(cc2C(=O)c2ccc(-c3ccccc3)cc2)C[C@@H](O)CC1. The molecule has 6 nitrogen and oxygen atoms in total. The van der Waals surface area contributed by atoms with Crippen molar-refractivity contribution in [3.05, 3.63) is 155 Å². The standard InChI is InChI=1S/C57H67NO5/c1-38(2)48-28-21-40(4)33-53(48)63-55(61)58(36-46-18-11-17-44-16-9-10-19-49(44)46)37-57(62)32-30-52-50-29-22-41(34-47(59)27-20-39(3)13-12-31-56(52,57)5)35-51(50)54(60)45-25-23-43(24-26-45)42-14-7-6-8-15-42/h6-11,13-19,22-26,29,35,38,40,47-48,52-53,59,62H,12,20-21,27-28,30-34,36-37H2,1-5H3/t40-,47-,48+,52-,53-,56-,57+/m0/s1. The maximum absolute atomic E-state index is 14.9. The zero-order valence-corrected chi connectivity index (χ0v) is 38.1. The Morgan fingerprint density at radius 1 is 0.841 bits per heavy atom. The Hall–Kier alpha value is -5.04. The fraction of sp³-hybridized carbons (Fsp3) is 0.439. The van der Waals surface area contributed by atoms with Gasteiger partial charge in [0.2, 0.25) is 0 Å². The molecule has 5 aromatic rings. The van der Waals surface area contributed by atoms with E-state index < -0.39 is 17.1 Å². The lowest BCUT2D eigenvalue weighted by Gasteiger charge is -2.46. The van der Waals surface area contributed by atoms with Crippen molar-refractivity contribution < 1.29 is 24.5 Å². The molecule has 4 aliphatic rings. The topological polar surface area (TPSA) is 87.1 Å². The zero-order valence-electron chi connectivity index (χ0n) is 38.1. The Morgan fingerprint density at radius 3 is 2.35 bits per heavy atom. The van der Waals surface area contributed by atoms with E-state index in [1.165, 1.54) is 5.57 Å². The molecule has 9 rings (SSSR count). The van der Waals surface area contributed by atoms with Crippen molar-refractivity contribution in [3.8, 4) is 11.1 Å². The van der Waals surface area contributed by atoms with E-state index in [-0.39, 0.29) is 36.4 Å². The molecule has 5 aromatic carbocycles. The monoisotopic (exact) mass is 846 g/mol. The summed E-state index contributed by atoms with van der Waals surface area (Å²) in [6, 6.07) is 38.7. The number of amides is 1. The molecule has 0 aromatic heterocycles. The minimum Gasteiger partial charge on any atom is -0.446 e. The van der Waals surface area contributed by atoms with E-state index in [4.69, 9.17) is 4.74 Å². The van der Waals surface area contributed by atoms with Gasteiger partial charge in [0.15, 0.2) is 5.78 Å². The molecule has 0 unspecified atom stereocenters. The van der Waals surface area contributed by atoms with Gasteiger partial charge >= 0.3 is 6.09 Å². The molecule has 2 saturated carbocycles. The lowest BCUT2D eigenvalue weighted by Crippen LogP contribution is -2.54. The van der Waals surface area contributed by atoms with Crippen LogP contribution < -0.4 is 0 Å². The molecule has 2 N–H and O–H groups in total. The van der Waals surface area contributed by atoms with Crippen LogP contribution in [0.4, 0.5) is 4.79 Å². The average molecular weight is 846 g/mol. The van der Waals surface area contributed by atoms with Gasteiger partial charge in [0, 0.05) is 23.1 Å². The van der Waals surface area contributed by atoms with Crippen molar-refractivity contribution in [3.63, 3.8) is 0 Å². The first-order valence-electron chi connectivity index (χ1n) is 23.6. The second kappa shape index (κ2) is 19.0. The minimum absolute atomic E-state index is 0.0656. The number of aliphatic hydroxyl groups is 2. The van der Waals surface area contributed by atoms with Crippen molar-refractivity contribution in [2.24, 2.45) is 23.2 Å². The summed E-state index contributed by atoms with van der Waals surface area (Å²) in [5, 5.41) is 26.9. The van der Waals surface area contributed by atoms with E-state index >= 15 is 0 Å². The molecule has 63 heavy (non-hydrogen) atoms. The number of benzene rings is 5. The number of allylic oxidation sites excluding steroid dienone is 2. The van der Waals surface area contributed by atoms with Gasteiger partial charge in [0.1, 0.15) is 6.10 Å². The molecular formula is C57H67NO5. The summed E-state index contributed by atoms with van der Waals surface area (Å²) in [6.07, 6.45) is 8.52. The van der Waals surface area contributed by atoms with Crippen molar-refractivity contribution in [1.82, 2.24) is 4.90 Å². The number of rotatable bonds is 9. The Morgan fingerprint density at radius 2 is 1.57 bits per heavy atom. The highest BCUT2D eigenvalue weighted by Gasteiger charge is 2.58. The molecule has 2 bridgehead atoms. The molecule has 6 heteroatoms. The number of ether oxygens (including phenoxy) is 1. The van der Waals surface area contributed by atoms with Crippen LogP contribution in [0.3, 0.4) is 0 Å². The minimum atomic E-state index is -1.30. The second-order valence-electron chi connectivity index (χ2n) is 20.0. The third-order valence-corrected chi connectivity index (χ3v) is 15.3. The molecule has 0 aliphatic heterocycles. The molecule has 7 atom stereocenters. The third kappa shape index (κ3) is 9.59. The van der Waals surface area contributed by atoms with Crippen molar-refractivity contribution >= 4 is 22.6 Å². The fourth-order valence-electron chi connectivity index (χ4n) is 11.4. The van der Waals surface area contributed by atoms with Gasteiger partial charge in [-0.25, -0.2) is 4.79 Å². The first kappa shape index (κ1) is 44.6. The van der Waals surface area contributed by atoms with E-state index in [9.17, 15) is 19.8 Å². The summed E-state index contributed by atoms with van der Waals surface area (Å²) >= 11 is 0. The Kier molecular flexibility index (Phi) is 13.4. The number of fused-ring (bicyclic) bond motifs is 9. The van der Waals surface area contributed by atoms with Crippen molar-refractivity contribution in [2.75, 3.05) is 6.54 Å². The highest BCUT2D eigenvalue weighted by Crippen LogP contribution is 2.59. The molecular weight excluding hydrogens is 779 g/mol. The van der Waals surface area contributed by atoms with Crippen molar-refractivity contribution in [2.45, 2.75) is 129 Å². The van der Waals surface area contributed by atoms with E-state index in [1.807, 2.05) is 66.7 Å². The summed E-state index contributed by atoms with van der Waals surface area (Å²) in [5.41, 5.74) is 5.40. The molecule has 0 saturated heterocycles. The smallest absolute Gasteiger partial charge is 0.410 e. The third-order valence-electron chi connectivity index (χ3n) is 15.3. The first-order chi connectivity index (χ1) is 30.3. The molecule has 0 radical (unpaired) electrons. The highest BCUT2D eigenvalue weighted by molar-refractivity contribution is 6.10. The predicted octanol–water partition coefficient (Wildman–Crippen LogP) is 12.9. The van der Waals surface area contributed by atoms with Crippen LogP contribution in [-0.2, 0) is 17.7 Å². The number of carbonyl (C=O) groups excluding carboxylic acids is 2. The van der Waals surface area contributed by atoms with Gasteiger partial charge in [-0.3, -0.25) is 4.79 Å². The van der Waals surface area contributed by atoms with Crippen LogP contribution in [0, 0.1) is 23.2 Å². The van der Waals surface area contributed by atoms with E-state index in [0.717, 1.165) is 70.7 Å². The second-order valence-corrected chi connectivity index (χ2v) is 20.0. The van der Waals surface area contributed by atoms with Gasteiger partial charge in [-0.1, -0.05) is 155 Å². The van der Waals surface area contributed by atoms with Crippen LogP contribution >= 0.6 is 0 Å². The number of hydrogen-bond donors (Lipinski definition) is 2. The molecule has 1 amide bonds. The van der Waals surface area contributed by atoms with Crippen molar-refractivity contribution in [1.29, 1.82) is 0 Å². The van der Waals surface area contributed by atoms with Gasteiger partial charge in [0.05, 0.1) is 18.2 Å². The summed E-state index contributed by atoms with van der Waals surface area (Å²) in [6.45, 7) is 11.4. The van der Waals surface area contributed by atoms with Crippen LogP contribution in [-0.4, -0.2) is 51.3 Å². The summed E-state index contributed by atoms with van der Waals surface area (Å²) < 4.78 is 6.62. The predicted molar refractivity (Wildman–Crippen MR) is 255 cm³/mol. The quantitative estimate of drug-likeness (QED) is 0.114. The lowest BCUT2D eigenvalue weighted by atomic mass is 9.64. The first-order valence-corrected chi connectivity index (χ1v) is 23.6. The number of aliphatic hydroxyl groups excluding tert-OH is 1. The summed E-state index contributed by atoms with van der Waals surface area (Å²) in [4.78, 5) is 31.6. The molecule has 4 aliphatic carbocycles.